The molecule has 0 radical (unpaired) electrons. The third-order valence-electron chi connectivity index (χ3n) is 4.98. The molecule has 104 valence electrons. The Bertz CT molecular complexity index is 274. The molecular formula is C15H28N2O. The fourth-order valence-corrected chi connectivity index (χ4v) is 3.46. The van der Waals surface area contributed by atoms with Gasteiger partial charge in [-0.15, -0.1) is 0 Å². The Morgan fingerprint density at radius 2 is 1.72 bits per heavy atom. The third-order valence-corrected chi connectivity index (χ3v) is 4.98. The number of nitrogens with zero attached hydrogens (tertiary/aromatic N) is 1. The Labute approximate surface area is 111 Å². The molecule has 1 saturated heterocycles. The van der Waals surface area contributed by atoms with E-state index in [1.807, 2.05) is 0 Å². The van der Waals surface area contributed by atoms with Gasteiger partial charge in [0.15, 0.2) is 0 Å². The molecule has 0 aromatic carbocycles. The Balaban J connectivity index is 2.04. The van der Waals surface area contributed by atoms with Crippen molar-refractivity contribution in [2.45, 2.75) is 58.3 Å². The number of piperidine rings is 1. The predicted octanol–water partition coefficient (Wildman–Crippen LogP) is 2.54. The van der Waals surface area contributed by atoms with E-state index >= 15 is 0 Å². The second kappa shape index (κ2) is 6.05. The molecule has 3 nitrogen and oxygen atoms in total. The standard InChI is InChI=1S/C15H28N2O/c1-13-6-10-17(11-7-13)14(18)15(12-16)8-4-2-3-5-9-15/h13H,2-12,16H2,1H3. The van der Waals surface area contributed by atoms with Crippen LogP contribution in [0.25, 0.3) is 0 Å². The summed E-state index contributed by atoms with van der Waals surface area (Å²) in [5.74, 6) is 1.14. The van der Waals surface area contributed by atoms with E-state index < -0.39 is 0 Å². The van der Waals surface area contributed by atoms with E-state index in [0.717, 1.165) is 44.7 Å². The van der Waals surface area contributed by atoms with E-state index in [9.17, 15) is 4.79 Å². The van der Waals surface area contributed by atoms with Crippen molar-refractivity contribution in [2.24, 2.45) is 17.1 Å². The first-order chi connectivity index (χ1) is 8.68. The summed E-state index contributed by atoms with van der Waals surface area (Å²) in [7, 11) is 0. The molecule has 3 heteroatoms. The predicted molar refractivity (Wildman–Crippen MR) is 74.2 cm³/mol. The topological polar surface area (TPSA) is 46.3 Å². The molecule has 1 saturated carbocycles. The van der Waals surface area contributed by atoms with Gasteiger partial charge in [-0.05, 0) is 31.6 Å². The van der Waals surface area contributed by atoms with Crippen LogP contribution in [0, 0.1) is 11.3 Å². The number of likely N-dealkylation sites (tertiary alicyclic amines) is 1. The molecule has 1 aliphatic heterocycles. The number of carbonyl (C=O) groups excluding carboxylic acids is 1. The van der Waals surface area contributed by atoms with Crippen molar-refractivity contribution in [3.63, 3.8) is 0 Å². The largest absolute Gasteiger partial charge is 0.342 e. The smallest absolute Gasteiger partial charge is 0.230 e. The highest BCUT2D eigenvalue weighted by Crippen LogP contribution is 2.36. The normalized spacial score (nSPS) is 25.8. The van der Waals surface area contributed by atoms with Gasteiger partial charge in [0.05, 0.1) is 5.41 Å². The maximum absolute atomic E-state index is 12.8. The average molecular weight is 252 g/mol. The highest BCUT2D eigenvalue weighted by molar-refractivity contribution is 5.83. The van der Waals surface area contributed by atoms with Gasteiger partial charge in [-0.2, -0.15) is 0 Å². The minimum Gasteiger partial charge on any atom is -0.342 e. The molecule has 2 fully saturated rings. The molecule has 2 rings (SSSR count). The van der Waals surface area contributed by atoms with Crippen molar-refractivity contribution >= 4 is 5.91 Å². The lowest BCUT2D eigenvalue weighted by Crippen LogP contribution is -2.50. The molecular weight excluding hydrogens is 224 g/mol. The van der Waals surface area contributed by atoms with Gasteiger partial charge in [0.25, 0.3) is 0 Å². The maximum atomic E-state index is 12.8. The lowest BCUT2D eigenvalue weighted by atomic mass is 9.78. The van der Waals surface area contributed by atoms with Crippen molar-refractivity contribution < 1.29 is 4.79 Å². The lowest BCUT2D eigenvalue weighted by molar-refractivity contribution is -0.144. The summed E-state index contributed by atoms with van der Waals surface area (Å²) >= 11 is 0. The van der Waals surface area contributed by atoms with E-state index in [1.54, 1.807) is 0 Å². The van der Waals surface area contributed by atoms with Crippen LogP contribution >= 0.6 is 0 Å². The molecule has 18 heavy (non-hydrogen) atoms. The van der Waals surface area contributed by atoms with Crippen LogP contribution < -0.4 is 5.73 Å². The van der Waals surface area contributed by atoms with Gasteiger partial charge in [-0.1, -0.05) is 32.6 Å². The number of amides is 1. The number of rotatable bonds is 2. The van der Waals surface area contributed by atoms with Crippen LogP contribution in [0.2, 0.25) is 0 Å². The number of hydrogen-bond donors (Lipinski definition) is 1. The zero-order chi connectivity index (χ0) is 13.0. The molecule has 0 spiro atoms. The molecule has 0 bridgehead atoms. The quantitative estimate of drug-likeness (QED) is 0.768. The van der Waals surface area contributed by atoms with Crippen LogP contribution in [-0.2, 0) is 4.79 Å². The molecule has 2 aliphatic rings. The fourth-order valence-electron chi connectivity index (χ4n) is 3.46. The summed E-state index contributed by atoms with van der Waals surface area (Å²) in [6.45, 7) is 4.72. The molecule has 2 N–H and O–H groups in total. The highest BCUT2D eigenvalue weighted by atomic mass is 16.2. The third kappa shape index (κ3) is 2.87. The van der Waals surface area contributed by atoms with Crippen molar-refractivity contribution in [2.75, 3.05) is 19.6 Å². The van der Waals surface area contributed by atoms with E-state index in [2.05, 4.69) is 11.8 Å². The van der Waals surface area contributed by atoms with Crippen molar-refractivity contribution in [3.8, 4) is 0 Å². The van der Waals surface area contributed by atoms with Crippen LogP contribution in [0.15, 0.2) is 0 Å². The first-order valence-electron chi connectivity index (χ1n) is 7.67. The number of carbonyl (C=O) groups is 1. The second-order valence-corrected chi connectivity index (χ2v) is 6.37. The van der Waals surface area contributed by atoms with E-state index in [0.29, 0.717) is 12.5 Å². The van der Waals surface area contributed by atoms with Crippen molar-refractivity contribution in [3.05, 3.63) is 0 Å². The number of hydrogen-bond acceptors (Lipinski definition) is 2. The van der Waals surface area contributed by atoms with Crippen LogP contribution in [0.1, 0.15) is 58.3 Å². The number of nitrogens with two attached hydrogens (primary N) is 1. The molecule has 1 amide bonds. The Morgan fingerprint density at radius 3 is 2.22 bits per heavy atom. The minimum atomic E-state index is -0.225. The summed E-state index contributed by atoms with van der Waals surface area (Å²) < 4.78 is 0. The monoisotopic (exact) mass is 252 g/mol. The molecule has 0 unspecified atom stereocenters. The Morgan fingerprint density at radius 1 is 1.17 bits per heavy atom. The summed E-state index contributed by atoms with van der Waals surface area (Å²) in [6.07, 6.45) is 9.22. The molecule has 0 atom stereocenters. The van der Waals surface area contributed by atoms with Crippen molar-refractivity contribution in [1.29, 1.82) is 0 Å². The molecule has 0 aromatic rings. The summed E-state index contributed by atoms with van der Waals surface area (Å²) in [5, 5.41) is 0. The summed E-state index contributed by atoms with van der Waals surface area (Å²) in [6, 6.07) is 0. The van der Waals surface area contributed by atoms with Crippen LogP contribution in [0.3, 0.4) is 0 Å². The molecule has 0 aromatic heterocycles. The zero-order valence-electron chi connectivity index (χ0n) is 11.8. The first kappa shape index (κ1) is 13.9. The van der Waals surface area contributed by atoms with E-state index in [4.69, 9.17) is 5.73 Å². The Hall–Kier alpha value is -0.570. The molecule has 1 heterocycles. The van der Waals surface area contributed by atoms with Gasteiger partial charge >= 0.3 is 0 Å². The Kier molecular flexibility index (Phi) is 4.66. The van der Waals surface area contributed by atoms with Crippen LogP contribution in [0.5, 0.6) is 0 Å². The van der Waals surface area contributed by atoms with E-state index in [-0.39, 0.29) is 5.41 Å². The zero-order valence-corrected chi connectivity index (χ0v) is 11.8. The SMILES string of the molecule is CC1CCN(C(=O)C2(CN)CCCCCC2)CC1. The van der Waals surface area contributed by atoms with Gasteiger partial charge in [0.2, 0.25) is 5.91 Å². The van der Waals surface area contributed by atoms with Gasteiger partial charge in [-0.3, -0.25) is 4.79 Å². The summed E-state index contributed by atoms with van der Waals surface area (Å²) in [5.41, 5.74) is 5.77. The lowest BCUT2D eigenvalue weighted by Gasteiger charge is -2.39. The minimum absolute atomic E-state index is 0.225. The van der Waals surface area contributed by atoms with Gasteiger partial charge in [-0.25, -0.2) is 0 Å². The summed E-state index contributed by atoms with van der Waals surface area (Å²) in [4.78, 5) is 14.9. The maximum Gasteiger partial charge on any atom is 0.230 e. The van der Waals surface area contributed by atoms with Gasteiger partial charge < -0.3 is 10.6 Å². The first-order valence-corrected chi connectivity index (χ1v) is 7.67. The van der Waals surface area contributed by atoms with Gasteiger partial charge in [0, 0.05) is 19.6 Å². The van der Waals surface area contributed by atoms with Crippen LogP contribution in [0.4, 0.5) is 0 Å². The average Bonchev–Trinajstić information content (AvgIpc) is 2.65. The highest BCUT2D eigenvalue weighted by Gasteiger charge is 2.40. The van der Waals surface area contributed by atoms with E-state index in [1.165, 1.54) is 25.7 Å². The molecule has 1 aliphatic carbocycles. The van der Waals surface area contributed by atoms with Crippen LogP contribution in [-0.4, -0.2) is 30.4 Å². The van der Waals surface area contributed by atoms with Gasteiger partial charge in [0.1, 0.15) is 0 Å². The second-order valence-electron chi connectivity index (χ2n) is 6.37. The van der Waals surface area contributed by atoms with Crippen molar-refractivity contribution in [1.82, 2.24) is 4.90 Å². The fraction of sp³-hybridized carbons (Fsp3) is 0.933.